The van der Waals surface area contributed by atoms with Crippen LogP contribution >= 0.6 is 0 Å². The predicted octanol–water partition coefficient (Wildman–Crippen LogP) is 5.31. The van der Waals surface area contributed by atoms with Crippen LogP contribution in [0.4, 0.5) is 5.69 Å². The van der Waals surface area contributed by atoms with E-state index in [-0.39, 0.29) is 30.2 Å². The zero-order valence-corrected chi connectivity index (χ0v) is 22.7. The van der Waals surface area contributed by atoms with E-state index in [9.17, 15) is 14.4 Å². The summed E-state index contributed by atoms with van der Waals surface area (Å²) in [6, 6.07) is 18.7. The molecule has 0 unspecified atom stereocenters. The van der Waals surface area contributed by atoms with Gasteiger partial charge in [0.1, 0.15) is 11.8 Å². The van der Waals surface area contributed by atoms with Crippen molar-refractivity contribution < 1.29 is 19.1 Å². The quantitative estimate of drug-likeness (QED) is 0.355. The molecular formula is C31H37N3O4. The largest absolute Gasteiger partial charge is 0.497 e. The molecule has 1 aliphatic rings. The van der Waals surface area contributed by atoms with Gasteiger partial charge in [0.2, 0.25) is 11.8 Å². The molecule has 0 saturated carbocycles. The Balaban J connectivity index is 1.50. The summed E-state index contributed by atoms with van der Waals surface area (Å²) in [7, 11) is 1.61. The van der Waals surface area contributed by atoms with E-state index >= 15 is 0 Å². The van der Waals surface area contributed by atoms with Gasteiger partial charge < -0.3 is 19.9 Å². The van der Waals surface area contributed by atoms with Gasteiger partial charge in [-0.05, 0) is 61.4 Å². The van der Waals surface area contributed by atoms with Gasteiger partial charge in [-0.15, -0.1) is 0 Å². The van der Waals surface area contributed by atoms with Crippen molar-refractivity contribution in [2.24, 2.45) is 0 Å². The minimum absolute atomic E-state index is 0.0239. The number of nitrogens with one attached hydrogen (secondary N) is 1. The maximum absolute atomic E-state index is 13.6. The summed E-state index contributed by atoms with van der Waals surface area (Å²) in [6.07, 6.45) is 2.03. The number of anilines is 1. The highest BCUT2D eigenvalue weighted by Gasteiger charge is 2.31. The molecule has 0 saturated heterocycles. The number of benzene rings is 3. The lowest BCUT2D eigenvalue weighted by molar-refractivity contribution is -0.141. The normalized spacial score (nSPS) is 13.9. The van der Waals surface area contributed by atoms with Gasteiger partial charge in [0.25, 0.3) is 5.91 Å². The Kier molecular flexibility index (Phi) is 8.66. The van der Waals surface area contributed by atoms with Gasteiger partial charge >= 0.3 is 0 Å². The minimum atomic E-state index is -0.589. The third-order valence-electron chi connectivity index (χ3n) is 7.30. The Morgan fingerprint density at radius 1 is 1.03 bits per heavy atom. The molecule has 3 aromatic carbocycles. The van der Waals surface area contributed by atoms with Crippen LogP contribution in [0.1, 0.15) is 62.4 Å². The molecule has 7 heteroatoms. The smallest absolute Gasteiger partial charge is 0.258 e. The first kappa shape index (κ1) is 27.2. The standard InChI is InChI=1S/C31H37N3O4/c1-5-21(3)32-30(36)26(6-2)34(20-22-11-7-14-24(19-22)38-4)28(35)17-10-18-33-27-16-9-13-23-12-8-15-25(29(23)27)31(33)37/h7-9,11-16,19,21,26H,5-6,10,17-18,20H2,1-4H3,(H,32,36)/t21-,26+/m0/s1. The molecule has 0 bridgehead atoms. The van der Waals surface area contributed by atoms with Crippen LogP contribution in [0.15, 0.2) is 60.7 Å². The molecule has 1 N–H and O–H groups in total. The summed E-state index contributed by atoms with van der Waals surface area (Å²) in [5.41, 5.74) is 2.49. The minimum Gasteiger partial charge on any atom is -0.497 e. The Hall–Kier alpha value is -3.87. The molecule has 7 nitrogen and oxygen atoms in total. The molecule has 4 rings (SSSR count). The summed E-state index contributed by atoms with van der Waals surface area (Å²) in [6.45, 7) is 6.64. The van der Waals surface area contributed by atoms with Crippen LogP contribution in [0.2, 0.25) is 0 Å². The van der Waals surface area contributed by atoms with Crippen molar-refractivity contribution in [3.63, 3.8) is 0 Å². The van der Waals surface area contributed by atoms with Crippen LogP contribution in [0.25, 0.3) is 10.8 Å². The van der Waals surface area contributed by atoms with E-state index in [1.54, 1.807) is 16.9 Å². The number of hydrogen-bond donors (Lipinski definition) is 1. The summed E-state index contributed by atoms with van der Waals surface area (Å²) >= 11 is 0. The van der Waals surface area contributed by atoms with E-state index in [4.69, 9.17) is 4.74 Å². The maximum atomic E-state index is 13.6. The maximum Gasteiger partial charge on any atom is 0.258 e. The predicted molar refractivity (Wildman–Crippen MR) is 150 cm³/mol. The number of carbonyl (C=O) groups is 3. The average Bonchev–Trinajstić information content (AvgIpc) is 3.21. The molecule has 200 valence electrons. The summed E-state index contributed by atoms with van der Waals surface area (Å²) < 4.78 is 5.36. The lowest BCUT2D eigenvalue weighted by Gasteiger charge is -2.32. The molecule has 3 amide bonds. The number of methoxy groups -OCH3 is 1. The second-order valence-corrected chi connectivity index (χ2v) is 9.86. The fraction of sp³-hybridized carbons (Fsp3) is 0.387. The third-order valence-corrected chi connectivity index (χ3v) is 7.30. The van der Waals surface area contributed by atoms with Crippen LogP contribution in [-0.4, -0.2) is 48.4 Å². The monoisotopic (exact) mass is 515 g/mol. The Morgan fingerprint density at radius 3 is 2.47 bits per heavy atom. The molecule has 2 atom stereocenters. The highest BCUT2D eigenvalue weighted by atomic mass is 16.5. The van der Waals surface area contributed by atoms with E-state index in [1.165, 1.54) is 0 Å². The lowest BCUT2D eigenvalue weighted by Crippen LogP contribution is -2.50. The zero-order chi connectivity index (χ0) is 27.2. The topological polar surface area (TPSA) is 79.0 Å². The third kappa shape index (κ3) is 5.67. The molecule has 3 aromatic rings. The van der Waals surface area contributed by atoms with Crippen LogP contribution in [0.5, 0.6) is 5.75 Å². The first-order valence-electron chi connectivity index (χ1n) is 13.4. The number of hydrogen-bond acceptors (Lipinski definition) is 4. The average molecular weight is 516 g/mol. The van der Waals surface area contributed by atoms with E-state index < -0.39 is 6.04 Å². The molecule has 0 spiro atoms. The molecule has 0 aliphatic carbocycles. The number of ether oxygens (including phenoxy) is 1. The summed E-state index contributed by atoms with van der Waals surface area (Å²) in [4.78, 5) is 43.4. The molecule has 0 radical (unpaired) electrons. The van der Waals surface area contributed by atoms with Gasteiger partial charge in [-0.1, -0.05) is 50.2 Å². The molecule has 1 heterocycles. The van der Waals surface area contributed by atoms with Gasteiger partial charge in [-0.25, -0.2) is 0 Å². The fourth-order valence-corrected chi connectivity index (χ4v) is 5.06. The highest BCUT2D eigenvalue weighted by Crippen LogP contribution is 2.37. The zero-order valence-electron chi connectivity index (χ0n) is 22.7. The van der Waals surface area contributed by atoms with Crippen LogP contribution in [0.3, 0.4) is 0 Å². The first-order chi connectivity index (χ1) is 18.4. The highest BCUT2D eigenvalue weighted by molar-refractivity contribution is 6.25. The van der Waals surface area contributed by atoms with Crippen molar-refractivity contribution >= 4 is 34.2 Å². The Labute approximate surface area is 224 Å². The van der Waals surface area contributed by atoms with Crippen molar-refractivity contribution in [3.05, 3.63) is 71.8 Å². The van der Waals surface area contributed by atoms with E-state index in [1.807, 2.05) is 81.4 Å². The lowest BCUT2D eigenvalue weighted by atomic mass is 10.1. The number of carbonyl (C=O) groups excluding carboxylic acids is 3. The Bertz CT molecular complexity index is 1320. The van der Waals surface area contributed by atoms with Gasteiger partial charge in [-0.3, -0.25) is 14.4 Å². The van der Waals surface area contributed by atoms with Crippen molar-refractivity contribution in [1.29, 1.82) is 0 Å². The molecule has 38 heavy (non-hydrogen) atoms. The number of rotatable bonds is 12. The molecule has 0 fully saturated rings. The van der Waals surface area contributed by atoms with Crippen LogP contribution in [-0.2, 0) is 16.1 Å². The first-order valence-corrected chi connectivity index (χ1v) is 13.4. The van der Waals surface area contributed by atoms with Crippen molar-refractivity contribution in [1.82, 2.24) is 10.2 Å². The Morgan fingerprint density at radius 2 is 1.76 bits per heavy atom. The van der Waals surface area contributed by atoms with Crippen molar-refractivity contribution in [3.8, 4) is 5.75 Å². The molecule has 1 aliphatic heterocycles. The molecular weight excluding hydrogens is 478 g/mol. The van der Waals surface area contributed by atoms with Gasteiger partial charge in [0.15, 0.2) is 0 Å². The van der Waals surface area contributed by atoms with E-state index in [2.05, 4.69) is 5.32 Å². The van der Waals surface area contributed by atoms with Crippen LogP contribution in [0, 0.1) is 0 Å². The SMILES string of the molecule is CC[C@H](C(=O)N[C@@H](C)CC)N(Cc1cccc(OC)c1)C(=O)CCCN1C(=O)c2cccc3cccc1c23. The van der Waals surface area contributed by atoms with Crippen molar-refractivity contribution in [2.75, 3.05) is 18.6 Å². The van der Waals surface area contributed by atoms with Crippen molar-refractivity contribution in [2.45, 2.75) is 65.1 Å². The van der Waals surface area contributed by atoms with Gasteiger partial charge in [0, 0.05) is 36.5 Å². The summed E-state index contributed by atoms with van der Waals surface area (Å²) in [5.74, 6) is 0.418. The summed E-state index contributed by atoms with van der Waals surface area (Å²) in [5, 5.41) is 5.05. The van der Waals surface area contributed by atoms with E-state index in [0.29, 0.717) is 37.2 Å². The number of amides is 3. The van der Waals surface area contributed by atoms with E-state index in [0.717, 1.165) is 28.4 Å². The van der Waals surface area contributed by atoms with Crippen LogP contribution < -0.4 is 15.0 Å². The fourth-order valence-electron chi connectivity index (χ4n) is 5.06. The van der Waals surface area contributed by atoms with Gasteiger partial charge in [-0.2, -0.15) is 0 Å². The molecule has 0 aromatic heterocycles. The second-order valence-electron chi connectivity index (χ2n) is 9.86. The number of nitrogens with zero attached hydrogens (tertiary/aromatic N) is 2. The second kappa shape index (κ2) is 12.1. The van der Waals surface area contributed by atoms with Gasteiger partial charge in [0.05, 0.1) is 12.8 Å².